The van der Waals surface area contributed by atoms with Gasteiger partial charge in [-0.1, -0.05) is 0 Å². The van der Waals surface area contributed by atoms with Crippen LogP contribution in [0.25, 0.3) is 11.1 Å². The lowest BCUT2D eigenvalue weighted by Gasteiger charge is -1.95. The monoisotopic (exact) mass is 235 g/mol. The fraction of sp³-hybridized carbons (Fsp3) is 0.333. The zero-order valence-corrected chi connectivity index (χ0v) is 9.47. The Morgan fingerprint density at radius 3 is 3.06 bits per heavy atom. The number of rotatable bonds is 5. The van der Waals surface area contributed by atoms with E-state index in [9.17, 15) is 4.79 Å². The van der Waals surface area contributed by atoms with Crippen molar-refractivity contribution in [1.29, 1.82) is 0 Å². The molecular formula is C12H13NO4. The minimum Gasteiger partial charge on any atom is -0.497 e. The van der Waals surface area contributed by atoms with Crippen LogP contribution >= 0.6 is 0 Å². The summed E-state index contributed by atoms with van der Waals surface area (Å²) in [7, 11) is 1.59. The first-order valence-electron chi connectivity index (χ1n) is 5.34. The largest absolute Gasteiger partial charge is 0.497 e. The normalized spacial score (nSPS) is 10.6. The van der Waals surface area contributed by atoms with Gasteiger partial charge in [0.05, 0.1) is 7.11 Å². The van der Waals surface area contributed by atoms with E-state index in [1.807, 2.05) is 0 Å². The van der Waals surface area contributed by atoms with E-state index in [-0.39, 0.29) is 6.42 Å². The quantitative estimate of drug-likeness (QED) is 0.860. The highest BCUT2D eigenvalue weighted by atomic mass is 16.5. The van der Waals surface area contributed by atoms with Crippen LogP contribution in [0.3, 0.4) is 0 Å². The smallest absolute Gasteiger partial charge is 0.303 e. The topological polar surface area (TPSA) is 72.6 Å². The zero-order valence-electron chi connectivity index (χ0n) is 9.47. The fourth-order valence-electron chi connectivity index (χ4n) is 1.58. The average molecular weight is 235 g/mol. The number of oxazole rings is 1. The molecule has 1 aromatic heterocycles. The number of nitrogens with zero attached hydrogens (tertiary/aromatic N) is 1. The minimum absolute atomic E-state index is 0.127. The molecular weight excluding hydrogens is 222 g/mol. The molecule has 1 heterocycles. The molecule has 0 aliphatic heterocycles. The molecule has 0 aliphatic carbocycles. The summed E-state index contributed by atoms with van der Waals surface area (Å²) in [5, 5.41) is 8.53. The molecule has 0 spiro atoms. The molecule has 0 fully saturated rings. The lowest BCUT2D eigenvalue weighted by molar-refractivity contribution is -0.137. The molecule has 5 heteroatoms. The third-order valence-electron chi connectivity index (χ3n) is 2.42. The lowest BCUT2D eigenvalue weighted by Crippen LogP contribution is -1.95. The number of aromatic nitrogens is 1. The van der Waals surface area contributed by atoms with Crippen LogP contribution in [-0.4, -0.2) is 23.2 Å². The number of fused-ring (bicyclic) bond motifs is 1. The summed E-state index contributed by atoms with van der Waals surface area (Å²) in [5.41, 5.74) is 1.42. The highest BCUT2D eigenvalue weighted by molar-refractivity contribution is 5.74. The van der Waals surface area contributed by atoms with Crippen LogP contribution in [-0.2, 0) is 11.2 Å². The zero-order chi connectivity index (χ0) is 12.3. The number of methoxy groups -OCH3 is 1. The molecule has 1 aromatic carbocycles. The summed E-state index contributed by atoms with van der Waals surface area (Å²) < 4.78 is 10.6. The van der Waals surface area contributed by atoms with Crippen LogP contribution in [0.15, 0.2) is 22.6 Å². The van der Waals surface area contributed by atoms with Crippen molar-refractivity contribution in [2.45, 2.75) is 19.3 Å². The van der Waals surface area contributed by atoms with Crippen molar-refractivity contribution in [3.05, 3.63) is 24.1 Å². The Kier molecular flexibility index (Phi) is 3.27. The van der Waals surface area contributed by atoms with Gasteiger partial charge in [-0.25, -0.2) is 4.98 Å². The van der Waals surface area contributed by atoms with Crippen molar-refractivity contribution < 1.29 is 19.1 Å². The molecule has 0 aliphatic rings. The van der Waals surface area contributed by atoms with Gasteiger partial charge in [0.25, 0.3) is 0 Å². The Morgan fingerprint density at radius 2 is 2.35 bits per heavy atom. The van der Waals surface area contributed by atoms with Gasteiger partial charge >= 0.3 is 5.97 Å². The maximum absolute atomic E-state index is 10.4. The van der Waals surface area contributed by atoms with Gasteiger partial charge in [-0.2, -0.15) is 0 Å². The first kappa shape index (κ1) is 11.4. The van der Waals surface area contributed by atoms with Crippen LogP contribution in [0.1, 0.15) is 18.7 Å². The van der Waals surface area contributed by atoms with E-state index in [0.29, 0.717) is 24.3 Å². The van der Waals surface area contributed by atoms with Gasteiger partial charge in [-0.15, -0.1) is 0 Å². The molecule has 0 unspecified atom stereocenters. The molecule has 1 N–H and O–H groups in total. The van der Waals surface area contributed by atoms with Gasteiger partial charge in [0, 0.05) is 18.9 Å². The number of carbonyl (C=O) groups is 1. The predicted molar refractivity (Wildman–Crippen MR) is 61.1 cm³/mol. The summed E-state index contributed by atoms with van der Waals surface area (Å²) >= 11 is 0. The third-order valence-corrected chi connectivity index (χ3v) is 2.42. The highest BCUT2D eigenvalue weighted by Crippen LogP contribution is 2.21. The van der Waals surface area contributed by atoms with Crippen LogP contribution in [0, 0.1) is 0 Å². The van der Waals surface area contributed by atoms with Crippen molar-refractivity contribution in [2.24, 2.45) is 0 Å². The van der Waals surface area contributed by atoms with Gasteiger partial charge < -0.3 is 14.3 Å². The van der Waals surface area contributed by atoms with Crippen LogP contribution in [0.4, 0.5) is 0 Å². The fourth-order valence-corrected chi connectivity index (χ4v) is 1.58. The summed E-state index contributed by atoms with van der Waals surface area (Å²) in [6.07, 6.45) is 1.19. The first-order valence-corrected chi connectivity index (χ1v) is 5.34. The second-order valence-electron chi connectivity index (χ2n) is 3.69. The van der Waals surface area contributed by atoms with E-state index >= 15 is 0 Å². The van der Waals surface area contributed by atoms with Crippen molar-refractivity contribution in [3.8, 4) is 5.75 Å². The maximum atomic E-state index is 10.4. The molecule has 0 amide bonds. The second-order valence-corrected chi connectivity index (χ2v) is 3.69. The van der Waals surface area contributed by atoms with Crippen molar-refractivity contribution in [1.82, 2.24) is 4.98 Å². The molecule has 2 aromatic rings. The van der Waals surface area contributed by atoms with Gasteiger partial charge in [-0.3, -0.25) is 4.79 Å². The molecule has 2 rings (SSSR count). The second kappa shape index (κ2) is 4.86. The van der Waals surface area contributed by atoms with E-state index < -0.39 is 5.97 Å². The Morgan fingerprint density at radius 1 is 1.53 bits per heavy atom. The molecule has 0 radical (unpaired) electrons. The number of benzene rings is 1. The van der Waals surface area contributed by atoms with E-state index in [0.717, 1.165) is 11.3 Å². The van der Waals surface area contributed by atoms with Crippen molar-refractivity contribution >= 4 is 17.1 Å². The Balaban J connectivity index is 2.11. The Labute approximate surface area is 98.0 Å². The predicted octanol–water partition coefficient (Wildman–Crippen LogP) is 2.24. The Bertz CT molecular complexity index is 532. The number of hydrogen-bond acceptors (Lipinski definition) is 4. The summed E-state index contributed by atoms with van der Waals surface area (Å²) in [5.74, 6) is 0.486. The van der Waals surface area contributed by atoms with Crippen LogP contribution < -0.4 is 4.74 Å². The van der Waals surface area contributed by atoms with E-state index in [2.05, 4.69) is 4.98 Å². The number of carboxylic acids is 1. The molecule has 90 valence electrons. The molecule has 0 saturated heterocycles. The van der Waals surface area contributed by atoms with Gasteiger partial charge in [0.15, 0.2) is 11.5 Å². The summed E-state index contributed by atoms with van der Waals surface area (Å²) in [6, 6.07) is 5.38. The molecule has 0 atom stereocenters. The lowest BCUT2D eigenvalue weighted by atomic mass is 10.2. The van der Waals surface area contributed by atoms with E-state index in [1.165, 1.54) is 0 Å². The number of aryl methyl sites for hydroxylation is 1. The van der Waals surface area contributed by atoms with Gasteiger partial charge in [-0.05, 0) is 18.6 Å². The highest BCUT2D eigenvalue weighted by Gasteiger charge is 2.07. The summed E-state index contributed by atoms with van der Waals surface area (Å²) in [4.78, 5) is 14.7. The molecule has 5 nitrogen and oxygen atoms in total. The third kappa shape index (κ3) is 2.75. The number of aliphatic carboxylic acids is 1. The standard InChI is InChI=1S/C12H13NO4/c1-16-8-5-6-10-9(7-8)13-11(17-10)3-2-4-12(14)15/h5-7H,2-4H2,1H3,(H,14,15). The summed E-state index contributed by atoms with van der Waals surface area (Å²) in [6.45, 7) is 0. The Hall–Kier alpha value is -2.04. The maximum Gasteiger partial charge on any atom is 0.303 e. The number of hydrogen-bond donors (Lipinski definition) is 1. The van der Waals surface area contributed by atoms with Crippen LogP contribution in [0.2, 0.25) is 0 Å². The van der Waals surface area contributed by atoms with Crippen molar-refractivity contribution in [3.63, 3.8) is 0 Å². The van der Waals surface area contributed by atoms with E-state index in [4.69, 9.17) is 14.3 Å². The molecule has 0 saturated carbocycles. The number of ether oxygens (including phenoxy) is 1. The minimum atomic E-state index is -0.803. The van der Waals surface area contributed by atoms with Crippen LogP contribution in [0.5, 0.6) is 5.75 Å². The van der Waals surface area contributed by atoms with Crippen molar-refractivity contribution in [2.75, 3.05) is 7.11 Å². The average Bonchev–Trinajstić information content (AvgIpc) is 2.69. The first-order chi connectivity index (χ1) is 8.19. The van der Waals surface area contributed by atoms with Gasteiger partial charge in [0.2, 0.25) is 0 Å². The number of carboxylic acid groups (broad SMARTS) is 1. The van der Waals surface area contributed by atoms with Gasteiger partial charge in [0.1, 0.15) is 11.3 Å². The molecule has 17 heavy (non-hydrogen) atoms. The molecule has 0 bridgehead atoms. The van der Waals surface area contributed by atoms with E-state index in [1.54, 1.807) is 25.3 Å². The SMILES string of the molecule is COc1ccc2oc(CCCC(=O)O)nc2c1.